The van der Waals surface area contributed by atoms with Crippen LogP contribution in [0.15, 0.2) is 30.3 Å². The summed E-state index contributed by atoms with van der Waals surface area (Å²) in [6.45, 7) is 5.37. The number of nitrogens with zero attached hydrogens (tertiary/aromatic N) is 2. The topological polar surface area (TPSA) is 93.9 Å². The minimum atomic E-state index is -0.424. The first kappa shape index (κ1) is 21.4. The Hall–Kier alpha value is -3.29. The molecule has 8 nitrogen and oxygen atoms in total. The zero-order valence-corrected chi connectivity index (χ0v) is 17.7. The fourth-order valence-electron chi connectivity index (χ4n) is 3.86. The van der Waals surface area contributed by atoms with E-state index in [2.05, 4.69) is 5.32 Å². The molecule has 1 aliphatic heterocycles. The Balaban J connectivity index is 1.83. The minimum absolute atomic E-state index is 0.0421. The summed E-state index contributed by atoms with van der Waals surface area (Å²) in [5.41, 5.74) is 2.60. The molecule has 2 aromatic carbocycles. The molecule has 1 fully saturated rings. The number of anilines is 1. The lowest BCUT2D eigenvalue weighted by Gasteiger charge is -2.20. The third-order valence-electron chi connectivity index (χ3n) is 5.47. The van der Waals surface area contributed by atoms with Crippen LogP contribution < -0.4 is 19.7 Å². The van der Waals surface area contributed by atoms with E-state index in [1.54, 1.807) is 26.4 Å². The number of nitro benzene ring substituents is 1. The second-order valence-electron chi connectivity index (χ2n) is 7.41. The van der Waals surface area contributed by atoms with Gasteiger partial charge < -0.3 is 19.7 Å². The van der Waals surface area contributed by atoms with Gasteiger partial charge in [0, 0.05) is 24.7 Å². The average Bonchev–Trinajstić information content (AvgIpc) is 3.27. The number of carbonyl (C=O) groups is 1. The van der Waals surface area contributed by atoms with E-state index >= 15 is 0 Å². The van der Waals surface area contributed by atoms with E-state index < -0.39 is 4.92 Å². The quantitative estimate of drug-likeness (QED) is 0.544. The predicted octanol–water partition coefficient (Wildman–Crippen LogP) is 4.01. The summed E-state index contributed by atoms with van der Waals surface area (Å²) in [5, 5.41) is 14.5. The van der Waals surface area contributed by atoms with E-state index in [-0.39, 0.29) is 23.2 Å². The van der Waals surface area contributed by atoms with Crippen LogP contribution in [-0.2, 0) is 0 Å². The molecule has 0 saturated carbocycles. The predicted molar refractivity (Wildman–Crippen MR) is 115 cm³/mol. The largest absolute Gasteiger partial charge is 0.493 e. The fraction of sp³-hybridized carbons (Fsp3) is 0.409. The van der Waals surface area contributed by atoms with E-state index in [1.807, 2.05) is 30.9 Å². The van der Waals surface area contributed by atoms with Gasteiger partial charge in [-0.05, 0) is 62.1 Å². The lowest BCUT2D eigenvalue weighted by molar-refractivity contribution is -0.384. The Morgan fingerprint density at radius 3 is 2.37 bits per heavy atom. The van der Waals surface area contributed by atoms with Crippen molar-refractivity contribution < 1.29 is 19.2 Å². The van der Waals surface area contributed by atoms with Gasteiger partial charge in [-0.2, -0.15) is 0 Å². The summed E-state index contributed by atoms with van der Waals surface area (Å²) in [6, 6.07) is 8.03. The van der Waals surface area contributed by atoms with E-state index in [1.165, 1.54) is 6.07 Å². The van der Waals surface area contributed by atoms with Crippen molar-refractivity contribution in [3.8, 4) is 11.5 Å². The first-order valence-corrected chi connectivity index (χ1v) is 9.92. The lowest BCUT2D eigenvalue weighted by atomic mass is 10.0. The molecular formula is C22H27N3O5. The number of aryl methyl sites for hydroxylation is 1. The van der Waals surface area contributed by atoms with Crippen LogP contribution in [0.25, 0.3) is 0 Å². The normalized spacial score (nSPS) is 14.3. The first-order valence-electron chi connectivity index (χ1n) is 9.92. The number of benzene rings is 2. The van der Waals surface area contributed by atoms with Crippen LogP contribution in [-0.4, -0.2) is 38.1 Å². The molecule has 1 N–H and O–H groups in total. The number of methoxy groups -OCH3 is 2. The van der Waals surface area contributed by atoms with Crippen molar-refractivity contribution >= 4 is 17.3 Å². The summed E-state index contributed by atoms with van der Waals surface area (Å²) in [4.78, 5) is 26.0. The fourth-order valence-corrected chi connectivity index (χ4v) is 3.86. The maximum Gasteiger partial charge on any atom is 0.293 e. The molecule has 1 aliphatic rings. The highest BCUT2D eigenvalue weighted by Gasteiger charge is 2.24. The molecule has 8 heteroatoms. The molecular weight excluding hydrogens is 386 g/mol. The zero-order chi connectivity index (χ0) is 21.8. The highest BCUT2D eigenvalue weighted by molar-refractivity contribution is 5.96. The number of rotatable bonds is 7. The van der Waals surface area contributed by atoms with Crippen molar-refractivity contribution in [2.24, 2.45) is 0 Å². The average molecular weight is 413 g/mol. The van der Waals surface area contributed by atoms with Crippen molar-refractivity contribution in [3.63, 3.8) is 0 Å². The van der Waals surface area contributed by atoms with Gasteiger partial charge in [-0.25, -0.2) is 0 Å². The van der Waals surface area contributed by atoms with Crippen molar-refractivity contribution in [1.29, 1.82) is 0 Å². The summed E-state index contributed by atoms with van der Waals surface area (Å²) in [5.74, 6) is 0.822. The molecule has 1 amide bonds. The van der Waals surface area contributed by atoms with Gasteiger partial charge in [0.05, 0.1) is 25.2 Å². The van der Waals surface area contributed by atoms with Gasteiger partial charge in [0.2, 0.25) is 0 Å². The highest BCUT2D eigenvalue weighted by Crippen LogP contribution is 2.34. The van der Waals surface area contributed by atoms with Crippen molar-refractivity contribution in [2.75, 3.05) is 32.2 Å². The van der Waals surface area contributed by atoms with Crippen LogP contribution in [0.3, 0.4) is 0 Å². The lowest BCUT2D eigenvalue weighted by Crippen LogP contribution is -2.27. The molecule has 0 bridgehead atoms. The number of hydrogen-bond acceptors (Lipinski definition) is 6. The molecule has 1 unspecified atom stereocenters. The smallest absolute Gasteiger partial charge is 0.293 e. The molecule has 3 rings (SSSR count). The second-order valence-corrected chi connectivity index (χ2v) is 7.41. The van der Waals surface area contributed by atoms with Gasteiger partial charge in [-0.15, -0.1) is 0 Å². The molecule has 1 heterocycles. The van der Waals surface area contributed by atoms with Crippen LogP contribution >= 0.6 is 0 Å². The monoisotopic (exact) mass is 413 g/mol. The van der Waals surface area contributed by atoms with Crippen molar-refractivity contribution in [3.05, 3.63) is 57.1 Å². The first-order chi connectivity index (χ1) is 14.3. The van der Waals surface area contributed by atoms with Gasteiger partial charge in [0.25, 0.3) is 11.6 Å². The molecule has 1 atom stereocenters. The van der Waals surface area contributed by atoms with Crippen molar-refractivity contribution in [2.45, 2.75) is 32.7 Å². The summed E-state index contributed by atoms with van der Waals surface area (Å²) < 4.78 is 10.7. The number of hydrogen-bond donors (Lipinski definition) is 1. The molecule has 0 aliphatic carbocycles. The van der Waals surface area contributed by atoms with E-state index in [9.17, 15) is 14.9 Å². The summed E-state index contributed by atoms with van der Waals surface area (Å²) >= 11 is 0. The van der Waals surface area contributed by atoms with Crippen LogP contribution in [0.1, 0.15) is 47.3 Å². The zero-order valence-electron chi connectivity index (χ0n) is 17.7. The molecule has 0 radical (unpaired) electrons. The van der Waals surface area contributed by atoms with E-state index in [4.69, 9.17) is 9.47 Å². The third-order valence-corrected chi connectivity index (χ3v) is 5.47. The standard InChI is InChI=1S/C22H27N3O5/c1-14-11-20(29-3)21(30-4)13-17(14)15(2)23-22(26)16-7-8-18(19(12-16)25(27)28)24-9-5-6-10-24/h7-8,11-13,15H,5-6,9-10H2,1-4H3,(H,23,26). The maximum absolute atomic E-state index is 12.8. The molecule has 1 saturated heterocycles. The Morgan fingerprint density at radius 2 is 1.77 bits per heavy atom. The number of nitro groups is 1. The van der Waals surface area contributed by atoms with Crippen LogP contribution in [0.2, 0.25) is 0 Å². The Bertz CT molecular complexity index is 954. The Morgan fingerprint density at radius 1 is 1.13 bits per heavy atom. The number of carbonyl (C=O) groups excluding carboxylic acids is 1. The number of ether oxygens (including phenoxy) is 2. The van der Waals surface area contributed by atoms with Gasteiger partial charge in [-0.3, -0.25) is 14.9 Å². The molecule has 0 aromatic heterocycles. The molecule has 2 aromatic rings. The van der Waals surface area contributed by atoms with Gasteiger partial charge in [0.1, 0.15) is 5.69 Å². The minimum Gasteiger partial charge on any atom is -0.493 e. The maximum atomic E-state index is 12.8. The van der Waals surface area contributed by atoms with Crippen LogP contribution in [0.5, 0.6) is 11.5 Å². The molecule has 160 valence electrons. The third kappa shape index (κ3) is 4.32. The van der Waals surface area contributed by atoms with Crippen LogP contribution in [0.4, 0.5) is 11.4 Å². The number of amides is 1. The Kier molecular flexibility index (Phi) is 6.44. The highest BCUT2D eigenvalue weighted by atomic mass is 16.6. The van der Waals surface area contributed by atoms with Gasteiger partial charge in [-0.1, -0.05) is 0 Å². The molecule has 30 heavy (non-hydrogen) atoms. The van der Waals surface area contributed by atoms with E-state index in [0.29, 0.717) is 17.2 Å². The van der Waals surface area contributed by atoms with Gasteiger partial charge in [0.15, 0.2) is 11.5 Å². The summed E-state index contributed by atoms with van der Waals surface area (Å²) in [6.07, 6.45) is 2.03. The second kappa shape index (κ2) is 9.02. The van der Waals surface area contributed by atoms with Crippen LogP contribution in [0, 0.1) is 17.0 Å². The van der Waals surface area contributed by atoms with E-state index in [0.717, 1.165) is 37.1 Å². The Labute approximate surface area is 175 Å². The SMILES string of the molecule is COc1cc(C)c(C(C)NC(=O)c2ccc(N3CCCC3)c([N+](=O)[O-])c2)cc1OC. The van der Waals surface area contributed by atoms with Crippen molar-refractivity contribution in [1.82, 2.24) is 5.32 Å². The number of nitrogens with one attached hydrogen (secondary N) is 1. The molecule has 0 spiro atoms. The van der Waals surface area contributed by atoms with Gasteiger partial charge >= 0.3 is 0 Å². The summed E-state index contributed by atoms with van der Waals surface area (Å²) in [7, 11) is 3.13.